The predicted molar refractivity (Wildman–Crippen MR) is 79.8 cm³/mol. The molecule has 0 saturated carbocycles. The summed E-state index contributed by atoms with van der Waals surface area (Å²) in [6, 6.07) is 9.73. The molecule has 1 aromatic rings. The molecular weight excluding hydrogens is 236 g/mol. The second-order valence-corrected chi connectivity index (χ2v) is 6.39. The molecule has 0 saturated heterocycles. The van der Waals surface area contributed by atoms with Crippen molar-refractivity contribution in [1.29, 1.82) is 0 Å². The predicted octanol–water partition coefficient (Wildman–Crippen LogP) is 2.45. The van der Waals surface area contributed by atoms with Crippen molar-refractivity contribution in [2.45, 2.75) is 39.7 Å². The Morgan fingerprint density at radius 2 is 1.84 bits per heavy atom. The van der Waals surface area contributed by atoms with Crippen LogP contribution in [-0.4, -0.2) is 30.4 Å². The Morgan fingerprint density at radius 1 is 1.26 bits per heavy atom. The van der Waals surface area contributed by atoms with E-state index in [1.165, 1.54) is 5.56 Å². The minimum absolute atomic E-state index is 0.0332. The molecule has 1 atom stereocenters. The second-order valence-electron chi connectivity index (χ2n) is 6.39. The first-order valence-electron chi connectivity index (χ1n) is 6.84. The van der Waals surface area contributed by atoms with Gasteiger partial charge in [-0.15, -0.1) is 0 Å². The van der Waals surface area contributed by atoms with E-state index in [4.69, 9.17) is 5.73 Å². The topological polar surface area (TPSA) is 46.3 Å². The summed E-state index contributed by atoms with van der Waals surface area (Å²) in [7, 11) is 1.83. The fourth-order valence-electron chi connectivity index (χ4n) is 2.16. The first-order chi connectivity index (χ1) is 8.79. The van der Waals surface area contributed by atoms with Crippen molar-refractivity contribution in [3.05, 3.63) is 35.9 Å². The Balaban J connectivity index is 2.44. The third-order valence-corrected chi connectivity index (χ3v) is 2.99. The maximum absolute atomic E-state index is 12.1. The van der Waals surface area contributed by atoms with Crippen LogP contribution in [0, 0.1) is 5.41 Å². The summed E-state index contributed by atoms with van der Waals surface area (Å²) in [4.78, 5) is 13.9. The molecule has 1 rings (SSSR count). The molecule has 19 heavy (non-hydrogen) atoms. The number of benzene rings is 1. The lowest BCUT2D eigenvalue weighted by Crippen LogP contribution is -2.44. The van der Waals surface area contributed by atoms with Crippen LogP contribution in [0.3, 0.4) is 0 Å². The van der Waals surface area contributed by atoms with Gasteiger partial charge in [-0.25, -0.2) is 0 Å². The van der Waals surface area contributed by atoms with Crippen LogP contribution in [0.1, 0.15) is 32.8 Å². The van der Waals surface area contributed by atoms with Crippen molar-refractivity contribution in [3.8, 4) is 0 Å². The smallest absolute Gasteiger partial charge is 0.239 e. The average Bonchev–Trinajstić information content (AvgIpc) is 2.34. The molecule has 1 amide bonds. The molecule has 0 heterocycles. The van der Waals surface area contributed by atoms with Gasteiger partial charge in [0.25, 0.3) is 0 Å². The third kappa shape index (κ3) is 5.88. The molecule has 3 heteroatoms. The molecule has 3 nitrogen and oxygen atoms in total. The largest absolute Gasteiger partial charge is 0.344 e. The van der Waals surface area contributed by atoms with E-state index in [-0.39, 0.29) is 11.3 Å². The van der Waals surface area contributed by atoms with Crippen LogP contribution in [0.5, 0.6) is 0 Å². The van der Waals surface area contributed by atoms with Crippen molar-refractivity contribution in [2.24, 2.45) is 11.1 Å². The highest BCUT2D eigenvalue weighted by molar-refractivity contribution is 5.81. The van der Waals surface area contributed by atoms with E-state index < -0.39 is 6.04 Å². The van der Waals surface area contributed by atoms with E-state index in [1.54, 1.807) is 4.90 Å². The third-order valence-electron chi connectivity index (χ3n) is 2.99. The van der Waals surface area contributed by atoms with E-state index in [0.717, 1.165) is 13.0 Å². The summed E-state index contributed by atoms with van der Waals surface area (Å²) < 4.78 is 0. The van der Waals surface area contributed by atoms with Gasteiger partial charge in [0.2, 0.25) is 5.91 Å². The number of amides is 1. The lowest BCUT2D eigenvalue weighted by molar-refractivity contribution is -0.132. The summed E-state index contributed by atoms with van der Waals surface area (Å²) in [5.41, 5.74) is 7.32. The number of carbonyl (C=O) groups is 1. The Labute approximate surface area is 116 Å². The molecule has 0 aliphatic rings. The zero-order valence-electron chi connectivity index (χ0n) is 12.5. The molecule has 0 bridgehead atoms. The van der Waals surface area contributed by atoms with Gasteiger partial charge >= 0.3 is 0 Å². The van der Waals surface area contributed by atoms with Gasteiger partial charge in [-0.3, -0.25) is 4.79 Å². The van der Waals surface area contributed by atoms with Gasteiger partial charge in [-0.1, -0.05) is 51.1 Å². The summed E-state index contributed by atoms with van der Waals surface area (Å²) in [6.07, 6.45) is 1.54. The molecule has 0 aliphatic heterocycles. The lowest BCUT2D eigenvalue weighted by Gasteiger charge is -2.28. The van der Waals surface area contributed by atoms with Crippen molar-refractivity contribution in [3.63, 3.8) is 0 Å². The number of carbonyl (C=O) groups excluding carboxylic acids is 1. The molecule has 2 N–H and O–H groups in total. The highest BCUT2D eigenvalue weighted by Crippen LogP contribution is 2.15. The summed E-state index contributed by atoms with van der Waals surface area (Å²) in [5, 5.41) is 0. The van der Waals surface area contributed by atoms with Crippen LogP contribution in [0.25, 0.3) is 0 Å². The molecule has 0 spiro atoms. The van der Waals surface area contributed by atoms with Crippen LogP contribution in [0.2, 0.25) is 0 Å². The highest BCUT2D eigenvalue weighted by Gasteiger charge is 2.22. The zero-order valence-corrected chi connectivity index (χ0v) is 12.5. The number of hydrogen-bond acceptors (Lipinski definition) is 2. The number of aryl methyl sites for hydroxylation is 1. The normalized spacial score (nSPS) is 13.1. The number of nitrogens with two attached hydrogens (primary N) is 1. The summed E-state index contributed by atoms with van der Waals surface area (Å²) >= 11 is 0. The fraction of sp³-hybridized carbons (Fsp3) is 0.562. The van der Waals surface area contributed by atoms with Crippen molar-refractivity contribution in [2.75, 3.05) is 13.6 Å². The number of rotatable bonds is 5. The van der Waals surface area contributed by atoms with Gasteiger partial charge in [0.15, 0.2) is 0 Å². The quantitative estimate of drug-likeness (QED) is 0.886. The van der Waals surface area contributed by atoms with Gasteiger partial charge in [-0.05, 0) is 23.8 Å². The number of nitrogens with zero attached hydrogens (tertiary/aromatic N) is 1. The molecular formula is C16H26N2O. The van der Waals surface area contributed by atoms with Gasteiger partial charge in [0.05, 0.1) is 6.04 Å². The molecule has 1 aromatic carbocycles. The number of hydrogen-bond donors (Lipinski definition) is 1. The first kappa shape index (κ1) is 15.7. The van der Waals surface area contributed by atoms with Gasteiger partial charge in [0, 0.05) is 13.6 Å². The fourth-order valence-corrected chi connectivity index (χ4v) is 2.16. The Morgan fingerprint density at radius 3 is 2.37 bits per heavy atom. The highest BCUT2D eigenvalue weighted by atomic mass is 16.2. The SMILES string of the molecule is CN(CC(C)(C)C)C(=O)[C@@H](N)CCc1ccccc1. The van der Waals surface area contributed by atoms with Crippen LogP contribution in [0.4, 0.5) is 0 Å². The van der Waals surface area contributed by atoms with Crippen LogP contribution in [0.15, 0.2) is 30.3 Å². The zero-order chi connectivity index (χ0) is 14.5. The standard InChI is InChI=1S/C16H26N2O/c1-16(2,3)12-18(4)15(19)14(17)11-10-13-8-6-5-7-9-13/h5-9,14H,10-12,17H2,1-4H3/t14-/m0/s1. The minimum Gasteiger partial charge on any atom is -0.344 e. The van der Waals surface area contributed by atoms with E-state index in [1.807, 2.05) is 25.2 Å². The Hall–Kier alpha value is -1.35. The molecule has 106 valence electrons. The maximum Gasteiger partial charge on any atom is 0.239 e. The lowest BCUT2D eigenvalue weighted by atomic mass is 9.95. The van der Waals surface area contributed by atoms with Crippen LogP contribution >= 0.6 is 0 Å². The van der Waals surface area contributed by atoms with E-state index >= 15 is 0 Å². The molecule has 0 aliphatic carbocycles. The average molecular weight is 262 g/mol. The van der Waals surface area contributed by atoms with Crippen molar-refractivity contribution < 1.29 is 4.79 Å². The van der Waals surface area contributed by atoms with E-state index in [2.05, 4.69) is 32.9 Å². The maximum atomic E-state index is 12.1. The van der Waals surface area contributed by atoms with Gasteiger partial charge in [0.1, 0.15) is 0 Å². The molecule has 0 unspecified atom stereocenters. The number of likely N-dealkylation sites (N-methyl/N-ethyl adjacent to an activating group) is 1. The second kappa shape index (κ2) is 6.71. The van der Waals surface area contributed by atoms with Gasteiger partial charge < -0.3 is 10.6 Å². The Bertz CT molecular complexity index is 395. The van der Waals surface area contributed by atoms with Crippen LogP contribution < -0.4 is 5.73 Å². The first-order valence-corrected chi connectivity index (χ1v) is 6.84. The van der Waals surface area contributed by atoms with Crippen LogP contribution in [-0.2, 0) is 11.2 Å². The molecule has 0 aromatic heterocycles. The van der Waals surface area contributed by atoms with E-state index in [0.29, 0.717) is 6.42 Å². The van der Waals surface area contributed by atoms with Crippen molar-refractivity contribution in [1.82, 2.24) is 4.90 Å². The van der Waals surface area contributed by atoms with Crippen molar-refractivity contribution >= 4 is 5.91 Å². The van der Waals surface area contributed by atoms with E-state index in [9.17, 15) is 4.79 Å². The molecule has 0 radical (unpaired) electrons. The minimum atomic E-state index is -0.410. The molecule has 0 fully saturated rings. The summed E-state index contributed by atoms with van der Waals surface area (Å²) in [5.74, 6) is 0.0332. The Kier molecular flexibility index (Phi) is 5.55. The van der Waals surface area contributed by atoms with Gasteiger partial charge in [-0.2, -0.15) is 0 Å². The monoisotopic (exact) mass is 262 g/mol. The summed E-state index contributed by atoms with van der Waals surface area (Å²) in [6.45, 7) is 7.08.